The molecule has 3 aromatic carbocycles. The summed E-state index contributed by atoms with van der Waals surface area (Å²) in [5.74, 6) is 0.151. The number of para-hydroxylation sites is 1. The molecule has 1 atom stereocenters. The molecular formula is C26H28FN3O2. The number of halogens is 1. The van der Waals surface area contributed by atoms with Crippen molar-refractivity contribution >= 4 is 11.6 Å². The van der Waals surface area contributed by atoms with Crippen molar-refractivity contribution in [2.75, 3.05) is 31.6 Å². The van der Waals surface area contributed by atoms with E-state index in [2.05, 4.69) is 29.3 Å². The lowest BCUT2D eigenvalue weighted by Crippen LogP contribution is -2.48. The van der Waals surface area contributed by atoms with Crippen molar-refractivity contribution in [1.29, 1.82) is 0 Å². The summed E-state index contributed by atoms with van der Waals surface area (Å²) in [6.45, 7) is 6.17. The van der Waals surface area contributed by atoms with Crippen LogP contribution in [0.25, 0.3) is 0 Å². The molecule has 166 valence electrons. The normalized spacial score (nSPS) is 16.5. The molecule has 0 unspecified atom stereocenters. The first-order chi connectivity index (χ1) is 15.5. The number of amides is 1. The standard InChI is InChI=1S/C26H28FN3O2/c1-19-17-30(15-14-28-19)18-20-10-12-22(13-11-20)29(2)26(31)24-8-3-4-9-25(24)32-23-7-5-6-21(27)16-23/h3-13,16,19,28H,14-15,17-18H2,1-2H3/t19-/m0/s1. The summed E-state index contributed by atoms with van der Waals surface area (Å²) < 4.78 is 19.3. The van der Waals surface area contributed by atoms with Crippen molar-refractivity contribution in [3.8, 4) is 11.5 Å². The molecule has 5 nitrogen and oxygen atoms in total. The van der Waals surface area contributed by atoms with Crippen LogP contribution in [-0.4, -0.2) is 43.5 Å². The molecule has 32 heavy (non-hydrogen) atoms. The summed E-state index contributed by atoms with van der Waals surface area (Å²) in [6.07, 6.45) is 0. The van der Waals surface area contributed by atoms with Crippen LogP contribution in [0.1, 0.15) is 22.8 Å². The van der Waals surface area contributed by atoms with Gasteiger partial charge in [-0.05, 0) is 48.9 Å². The number of rotatable bonds is 6. The van der Waals surface area contributed by atoms with Crippen molar-refractivity contribution in [3.05, 3.63) is 89.7 Å². The minimum Gasteiger partial charge on any atom is -0.456 e. The molecule has 1 amide bonds. The second-order valence-corrected chi connectivity index (χ2v) is 8.18. The topological polar surface area (TPSA) is 44.8 Å². The van der Waals surface area contributed by atoms with E-state index in [4.69, 9.17) is 4.74 Å². The predicted molar refractivity (Wildman–Crippen MR) is 125 cm³/mol. The lowest BCUT2D eigenvalue weighted by Gasteiger charge is -2.31. The highest BCUT2D eigenvalue weighted by Gasteiger charge is 2.19. The van der Waals surface area contributed by atoms with Gasteiger partial charge in [0.1, 0.15) is 17.3 Å². The van der Waals surface area contributed by atoms with Gasteiger partial charge in [0.25, 0.3) is 5.91 Å². The molecule has 1 fully saturated rings. The van der Waals surface area contributed by atoms with Gasteiger partial charge in [-0.2, -0.15) is 0 Å². The summed E-state index contributed by atoms with van der Waals surface area (Å²) >= 11 is 0. The van der Waals surface area contributed by atoms with E-state index in [9.17, 15) is 9.18 Å². The van der Waals surface area contributed by atoms with Gasteiger partial charge in [-0.3, -0.25) is 9.69 Å². The fourth-order valence-electron chi connectivity index (χ4n) is 3.93. The molecule has 0 spiro atoms. The number of anilines is 1. The Kier molecular flexibility index (Phi) is 6.83. The van der Waals surface area contributed by atoms with E-state index in [1.807, 2.05) is 12.1 Å². The van der Waals surface area contributed by atoms with Crippen LogP contribution in [0.2, 0.25) is 0 Å². The number of nitrogens with zero attached hydrogens (tertiary/aromatic N) is 2. The molecule has 4 rings (SSSR count). The predicted octanol–water partition coefficient (Wildman–Crippen LogP) is 4.69. The van der Waals surface area contributed by atoms with Crippen molar-refractivity contribution in [2.24, 2.45) is 0 Å². The molecule has 0 saturated carbocycles. The van der Waals surface area contributed by atoms with E-state index in [1.165, 1.54) is 17.7 Å². The van der Waals surface area contributed by atoms with E-state index in [-0.39, 0.29) is 5.91 Å². The second-order valence-electron chi connectivity index (χ2n) is 8.18. The third-order valence-corrected chi connectivity index (χ3v) is 5.63. The summed E-state index contributed by atoms with van der Waals surface area (Å²) in [4.78, 5) is 17.3. The van der Waals surface area contributed by atoms with Crippen molar-refractivity contribution < 1.29 is 13.9 Å². The zero-order valence-electron chi connectivity index (χ0n) is 18.4. The molecule has 6 heteroatoms. The number of hydrogen-bond acceptors (Lipinski definition) is 4. The SMILES string of the molecule is C[C@H]1CN(Cc2ccc(N(C)C(=O)c3ccccc3Oc3cccc(F)c3)cc2)CCN1. The lowest BCUT2D eigenvalue weighted by atomic mass is 10.1. The molecule has 0 radical (unpaired) electrons. The Morgan fingerprint density at radius 1 is 1.12 bits per heavy atom. The fraction of sp³-hybridized carbons (Fsp3) is 0.269. The second kappa shape index (κ2) is 9.94. The van der Waals surface area contributed by atoms with E-state index >= 15 is 0 Å². The number of ether oxygens (including phenoxy) is 1. The zero-order chi connectivity index (χ0) is 22.5. The van der Waals surface area contributed by atoms with Crippen LogP contribution in [-0.2, 0) is 6.54 Å². The first-order valence-electron chi connectivity index (χ1n) is 10.8. The highest BCUT2D eigenvalue weighted by molar-refractivity contribution is 6.07. The van der Waals surface area contributed by atoms with Gasteiger partial charge in [-0.15, -0.1) is 0 Å². The van der Waals surface area contributed by atoms with E-state index in [0.29, 0.717) is 23.1 Å². The Hall–Kier alpha value is -3.22. The average Bonchev–Trinajstić information content (AvgIpc) is 2.79. The maximum Gasteiger partial charge on any atom is 0.261 e. The van der Waals surface area contributed by atoms with Crippen molar-refractivity contribution in [3.63, 3.8) is 0 Å². The van der Waals surface area contributed by atoms with Crippen LogP contribution in [0, 0.1) is 5.82 Å². The van der Waals surface area contributed by atoms with Gasteiger partial charge in [0.05, 0.1) is 5.56 Å². The van der Waals surface area contributed by atoms with Gasteiger partial charge >= 0.3 is 0 Å². The zero-order valence-corrected chi connectivity index (χ0v) is 18.4. The van der Waals surface area contributed by atoms with E-state index < -0.39 is 5.82 Å². The monoisotopic (exact) mass is 433 g/mol. The summed E-state index contributed by atoms with van der Waals surface area (Å²) in [5, 5.41) is 3.46. The smallest absolute Gasteiger partial charge is 0.261 e. The van der Waals surface area contributed by atoms with Crippen LogP contribution in [0.15, 0.2) is 72.8 Å². The number of carbonyl (C=O) groups is 1. The van der Waals surface area contributed by atoms with Gasteiger partial charge in [0, 0.05) is 51.0 Å². The van der Waals surface area contributed by atoms with Gasteiger partial charge < -0.3 is 15.0 Å². The molecular weight excluding hydrogens is 405 g/mol. The third-order valence-electron chi connectivity index (χ3n) is 5.63. The Bertz CT molecular complexity index is 1070. The molecule has 1 heterocycles. The Balaban J connectivity index is 1.46. The summed E-state index contributed by atoms with van der Waals surface area (Å²) in [6, 6.07) is 21.5. The Morgan fingerprint density at radius 3 is 2.66 bits per heavy atom. The molecule has 0 aromatic heterocycles. The first-order valence-corrected chi connectivity index (χ1v) is 10.8. The van der Waals surface area contributed by atoms with Crippen LogP contribution < -0.4 is 15.0 Å². The molecule has 0 bridgehead atoms. The van der Waals surface area contributed by atoms with E-state index in [0.717, 1.165) is 31.9 Å². The Morgan fingerprint density at radius 2 is 1.91 bits per heavy atom. The summed E-state index contributed by atoms with van der Waals surface area (Å²) in [7, 11) is 1.74. The number of hydrogen-bond donors (Lipinski definition) is 1. The van der Waals surface area contributed by atoms with Gasteiger partial charge in [0.15, 0.2) is 0 Å². The van der Waals surface area contributed by atoms with Crippen LogP contribution in [0.3, 0.4) is 0 Å². The quantitative estimate of drug-likeness (QED) is 0.613. The molecule has 1 aliphatic rings. The van der Waals surface area contributed by atoms with E-state index in [1.54, 1.807) is 48.3 Å². The van der Waals surface area contributed by atoms with Gasteiger partial charge in [-0.1, -0.05) is 30.3 Å². The number of piperazine rings is 1. The first kappa shape index (κ1) is 22.0. The van der Waals surface area contributed by atoms with Crippen molar-refractivity contribution in [1.82, 2.24) is 10.2 Å². The fourth-order valence-corrected chi connectivity index (χ4v) is 3.93. The summed E-state index contributed by atoms with van der Waals surface area (Å²) in [5.41, 5.74) is 2.43. The van der Waals surface area contributed by atoms with Crippen LogP contribution >= 0.6 is 0 Å². The average molecular weight is 434 g/mol. The molecule has 1 N–H and O–H groups in total. The molecule has 0 aliphatic carbocycles. The van der Waals surface area contributed by atoms with Gasteiger partial charge in [-0.25, -0.2) is 4.39 Å². The molecule has 1 saturated heterocycles. The minimum atomic E-state index is -0.390. The highest BCUT2D eigenvalue weighted by Crippen LogP contribution is 2.28. The number of carbonyl (C=O) groups excluding carboxylic acids is 1. The number of benzene rings is 3. The largest absolute Gasteiger partial charge is 0.456 e. The van der Waals surface area contributed by atoms with Gasteiger partial charge in [0.2, 0.25) is 0 Å². The van der Waals surface area contributed by atoms with Crippen LogP contribution in [0.4, 0.5) is 10.1 Å². The molecule has 1 aliphatic heterocycles. The maximum absolute atomic E-state index is 13.5. The lowest BCUT2D eigenvalue weighted by molar-refractivity contribution is 0.0991. The highest BCUT2D eigenvalue weighted by atomic mass is 19.1. The van der Waals surface area contributed by atoms with Crippen LogP contribution in [0.5, 0.6) is 11.5 Å². The molecule has 3 aromatic rings. The Labute approximate surface area is 188 Å². The number of nitrogens with one attached hydrogen (secondary N) is 1. The van der Waals surface area contributed by atoms with Crippen molar-refractivity contribution in [2.45, 2.75) is 19.5 Å². The third kappa shape index (κ3) is 5.33. The maximum atomic E-state index is 13.5. The minimum absolute atomic E-state index is 0.194.